The summed E-state index contributed by atoms with van der Waals surface area (Å²) in [5, 5.41) is 9.35. The van der Waals surface area contributed by atoms with Crippen LogP contribution in [0.1, 0.15) is 19.8 Å². The summed E-state index contributed by atoms with van der Waals surface area (Å²) in [7, 11) is 0. The van der Waals surface area contributed by atoms with Gasteiger partial charge >= 0.3 is 0 Å². The second-order valence-corrected chi connectivity index (χ2v) is 3.67. The van der Waals surface area contributed by atoms with Gasteiger partial charge in [-0.3, -0.25) is 0 Å². The highest BCUT2D eigenvalue weighted by Gasteiger charge is 2.24. The maximum atomic E-state index is 9.35. The lowest BCUT2D eigenvalue weighted by molar-refractivity contribution is 0.128. The largest absolute Gasteiger partial charge is 0.393 e. The Morgan fingerprint density at radius 1 is 1.75 bits per heavy atom. The van der Waals surface area contributed by atoms with Crippen LogP contribution >= 0.6 is 0 Å². The lowest BCUT2D eigenvalue weighted by atomic mass is 10.0. The van der Waals surface area contributed by atoms with Crippen LogP contribution in [-0.4, -0.2) is 35.7 Å². The molecule has 1 fully saturated rings. The van der Waals surface area contributed by atoms with E-state index in [4.69, 9.17) is 0 Å². The third kappa shape index (κ3) is 2.61. The first-order valence-electron chi connectivity index (χ1n) is 4.75. The van der Waals surface area contributed by atoms with E-state index in [0.29, 0.717) is 5.92 Å². The highest BCUT2D eigenvalue weighted by molar-refractivity contribution is 4.80. The van der Waals surface area contributed by atoms with Crippen LogP contribution in [0, 0.1) is 5.92 Å². The Labute approximate surface area is 74.9 Å². The number of hydrogen-bond donors (Lipinski definition) is 1. The third-order valence-electron chi connectivity index (χ3n) is 2.64. The van der Waals surface area contributed by atoms with Gasteiger partial charge in [0, 0.05) is 13.1 Å². The lowest BCUT2D eigenvalue weighted by Crippen LogP contribution is -2.24. The summed E-state index contributed by atoms with van der Waals surface area (Å²) >= 11 is 0. The molecule has 0 aromatic heterocycles. The molecule has 0 aromatic rings. The van der Waals surface area contributed by atoms with Crippen molar-refractivity contribution in [1.82, 2.24) is 4.90 Å². The Bertz CT molecular complexity index is 145. The van der Waals surface area contributed by atoms with Crippen molar-refractivity contribution >= 4 is 0 Å². The molecule has 2 heteroatoms. The molecule has 2 nitrogen and oxygen atoms in total. The SMILES string of the molecule is C=CCCN1CCC(C(C)O)C1. The zero-order valence-corrected chi connectivity index (χ0v) is 7.87. The fourth-order valence-corrected chi connectivity index (χ4v) is 1.73. The molecule has 1 heterocycles. The maximum absolute atomic E-state index is 9.35. The fourth-order valence-electron chi connectivity index (χ4n) is 1.73. The lowest BCUT2D eigenvalue weighted by Gasteiger charge is -2.16. The standard InChI is InChI=1S/C10H19NO/c1-3-4-6-11-7-5-10(8-11)9(2)12/h3,9-10,12H,1,4-8H2,2H3. The molecule has 2 unspecified atom stereocenters. The quantitative estimate of drug-likeness (QED) is 0.641. The molecule has 0 aromatic carbocycles. The molecule has 0 bridgehead atoms. The van der Waals surface area contributed by atoms with Crippen molar-refractivity contribution in [3.8, 4) is 0 Å². The van der Waals surface area contributed by atoms with Crippen molar-refractivity contribution in [1.29, 1.82) is 0 Å². The first-order chi connectivity index (χ1) is 5.74. The van der Waals surface area contributed by atoms with E-state index in [1.807, 2.05) is 13.0 Å². The molecule has 12 heavy (non-hydrogen) atoms. The zero-order chi connectivity index (χ0) is 8.97. The first kappa shape index (κ1) is 9.75. The second kappa shape index (κ2) is 4.63. The summed E-state index contributed by atoms with van der Waals surface area (Å²) in [4.78, 5) is 2.40. The van der Waals surface area contributed by atoms with Crippen LogP contribution in [0.5, 0.6) is 0 Å². The molecule has 1 saturated heterocycles. The number of aliphatic hydroxyl groups is 1. The second-order valence-electron chi connectivity index (χ2n) is 3.67. The van der Waals surface area contributed by atoms with E-state index in [1.54, 1.807) is 0 Å². The van der Waals surface area contributed by atoms with Crippen molar-refractivity contribution in [3.05, 3.63) is 12.7 Å². The highest BCUT2D eigenvalue weighted by Crippen LogP contribution is 2.19. The molecule has 1 N–H and O–H groups in total. The molecule has 0 radical (unpaired) electrons. The van der Waals surface area contributed by atoms with Gasteiger partial charge in [-0.15, -0.1) is 6.58 Å². The maximum Gasteiger partial charge on any atom is 0.0552 e. The molecule has 1 rings (SSSR count). The Morgan fingerprint density at radius 3 is 3.00 bits per heavy atom. The average molecular weight is 169 g/mol. The van der Waals surface area contributed by atoms with Crippen molar-refractivity contribution < 1.29 is 5.11 Å². The summed E-state index contributed by atoms with van der Waals surface area (Å²) < 4.78 is 0. The van der Waals surface area contributed by atoms with E-state index in [9.17, 15) is 5.11 Å². The topological polar surface area (TPSA) is 23.5 Å². The van der Waals surface area contributed by atoms with Gasteiger partial charge in [-0.1, -0.05) is 6.08 Å². The van der Waals surface area contributed by atoms with Crippen LogP contribution in [0.3, 0.4) is 0 Å². The fraction of sp³-hybridized carbons (Fsp3) is 0.800. The number of nitrogens with zero attached hydrogens (tertiary/aromatic N) is 1. The van der Waals surface area contributed by atoms with E-state index in [-0.39, 0.29) is 6.10 Å². The molecule has 0 spiro atoms. The van der Waals surface area contributed by atoms with Crippen molar-refractivity contribution in [2.24, 2.45) is 5.92 Å². The van der Waals surface area contributed by atoms with Gasteiger partial charge in [-0.05, 0) is 32.2 Å². The highest BCUT2D eigenvalue weighted by atomic mass is 16.3. The van der Waals surface area contributed by atoms with Gasteiger partial charge in [0.25, 0.3) is 0 Å². The number of aliphatic hydroxyl groups excluding tert-OH is 1. The van der Waals surface area contributed by atoms with Crippen molar-refractivity contribution in [2.75, 3.05) is 19.6 Å². The van der Waals surface area contributed by atoms with Crippen LogP contribution < -0.4 is 0 Å². The molecule has 1 aliphatic heterocycles. The van der Waals surface area contributed by atoms with Gasteiger partial charge in [0.2, 0.25) is 0 Å². The minimum absolute atomic E-state index is 0.140. The average Bonchev–Trinajstić information content (AvgIpc) is 2.48. The number of hydrogen-bond acceptors (Lipinski definition) is 2. The normalized spacial score (nSPS) is 27.3. The van der Waals surface area contributed by atoms with E-state index in [1.165, 1.54) is 0 Å². The Morgan fingerprint density at radius 2 is 2.50 bits per heavy atom. The first-order valence-corrected chi connectivity index (χ1v) is 4.75. The predicted octanol–water partition coefficient (Wildman–Crippen LogP) is 1.27. The van der Waals surface area contributed by atoms with E-state index in [2.05, 4.69) is 11.5 Å². The van der Waals surface area contributed by atoms with Gasteiger partial charge in [-0.25, -0.2) is 0 Å². The van der Waals surface area contributed by atoms with Crippen molar-refractivity contribution in [2.45, 2.75) is 25.9 Å². The zero-order valence-electron chi connectivity index (χ0n) is 7.87. The van der Waals surface area contributed by atoms with Crippen LogP contribution in [0.25, 0.3) is 0 Å². The molecule has 1 aliphatic rings. The minimum atomic E-state index is -0.140. The van der Waals surface area contributed by atoms with Crippen molar-refractivity contribution in [3.63, 3.8) is 0 Å². The molecule has 0 saturated carbocycles. The van der Waals surface area contributed by atoms with Gasteiger partial charge in [-0.2, -0.15) is 0 Å². The molecular formula is C10H19NO. The van der Waals surface area contributed by atoms with Gasteiger partial charge < -0.3 is 10.0 Å². The molecule has 0 amide bonds. The van der Waals surface area contributed by atoms with Gasteiger partial charge in [0.15, 0.2) is 0 Å². The number of likely N-dealkylation sites (tertiary alicyclic amines) is 1. The Hall–Kier alpha value is -0.340. The van der Waals surface area contributed by atoms with Gasteiger partial charge in [0.05, 0.1) is 6.10 Å². The molecular weight excluding hydrogens is 150 g/mol. The van der Waals surface area contributed by atoms with Crippen LogP contribution in [0.2, 0.25) is 0 Å². The minimum Gasteiger partial charge on any atom is -0.393 e. The molecule has 70 valence electrons. The summed E-state index contributed by atoms with van der Waals surface area (Å²) in [6, 6.07) is 0. The Kier molecular flexibility index (Phi) is 3.76. The number of rotatable bonds is 4. The summed E-state index contributed by atoms with van der Waals surface area (Å²) in [5.41, 5.74) is 0. The van der Waals surface area contributed by atoms with E-state index >= 15 is 0 Å². The summed E-state index contributed by atoms with van der Waals surface area (Å²) in [5.74, 6) is 0.495. The summed E-state index contributed by atoms with van der Waals surface area (Å²) in [6.07, 6.45) is 4.02. The third-order valence-corrected chi connectivity index (χ3v) is 2.64. The van der Waals surface area contributed by atoms with Crippen LogP contribution in [0.15, 0.2) is 12.7 Å². The summed E-state index contributed by atoms with van der Waals surface area (Å²) in [6.45, 7) is 8.90. The molecule has 2 atom stereocenters. The van der Waals surface area contributed by atoms with Crippen LogP contribution in [0.4, 0.5) is 0 Å². The smallest absolute Gasteiger partial charge is 0.0552 e. The molecule has 0 aliphatic carbocycles. The van der Waals surface area contributed by atoms with E-state index < -0.39 is 0 Å². The van der Waals surface area contributed by atoms with E-state index in [0.717, 1.165) is 32.5 Å². The van der Waals surface area contributed by atoms with Gasteiger partial charge in [0.1, 0.15) is 0 Å². The monoisotopic (exact) mass is 169 g/mol. The Balaban J connectivity index is 2.21. The predicted molar refractivity (Wildman–Crippen MR) is 51.0 cm³/mol. The van der Waals surface area contributed by atoms with Crippen LogP contribution in [-0.2, 0) is 0 Å².